The molecule has 0 spiro atoms. The van der Waals surface area contributed by atoms with Crippen molar-refractivity contribution in [1.29, 1.82) is 0 Å². The Labute approximate surface area is 135 Å². The second-order valence-electron chi connectivity index (χ2n) is 5.65. The lowest BCUT2D eigenvalue weighted by atomic mass is 10.2. The van der Waals surface area contributed by atoms with Crippen LogP contribution in [0.3, 0.4) is 0 Å². The fraction of sp³-hybridized carbons (Fsp3) is 0.375. The van der Waals surface area contributed by atoms with Gasteiger partial charge >= 0.3 is 0 Å². The number of aromatic nitrogens is 2. The van der Waals surface area contributed by atoms with Crippen LogP contribution in [0.15, 0.2) is 24.5 Å². The maximum atomic E-state index is 6.21. The van der Waals surface area contributed by atoms with Crippen LogP contribution >= 0.6 is 11.6 Å². The highest BCUT2D eigenvalue weighted by Gasteiger charge is 2.17. The van der Waals surface area contributed by atoms with Crippen LogP contribution in [0.4, 0.5) is 23.0 Å². The van der Waals surface area contributed by atoms with E-state index >= 15 is 0 Å². The summed E-state index contributed by atoms with van der Waals surface area (Å²) in [6.45, 7) is 1.96. The van der Waals surface area contributed by atoms with Crippen molar-refractivity contribution < 1.29 is 0 Å². The molecular formula is C16H20ClN5. The van der Waals surface area contributed by atoms with Gasteiger partial charge in [-0.25, -0.2) is 9.97 Å². The summed E-state index contributed by atoms with van der Waals surface area (Å²) in [4.78, 5) is 8.52. The molecule has 5 nitrogen and oxygen atoms in total. The lowest BCUT2D eigenvalue weighted by Crippen LogP contribution is -2.17. The van der Waals surface area contributed by atoms with E-state index < -0.39 is 0 Å². The normalized spacial score (nSPS) is 15.0. The number of nitrogen functional groups attached to an aromatic ring is 1. The van der Waals surface area contributed by atoms with Gasteiger partial charge in [0, 0.05) is 16.8 Å². The largest absolute Gasteiger partial charge is 0.393 e. The molecule has 6 heteroatoms. The van der Waals surface area contributed by atoms with Gasteiger partial charge in [0.05, 0.1) is 0 Å². The summed E-state index contributed by atoms with van der Waals surface area (Å²) in [5, 5.41) is 7.38. The van der Waals surface area contributed by atoms with E-state index in [9.17, 15) is 0 Å². The van der Waals surface area contributed by atoms with E-state index in [0.29, 0.717) is 28.4 Å². The molecule has 0 saturated heterocycles. The number of nitrogens with two attached hydrogens (primary N) is 1. The molecule has 1 aromatic heterocycles. The van der Waals surface area contributed by atoms with Crippen molar-refractivity contribution in [2.45, 2.75) is 38.6 Å². The summed E-state index contributed by atoms with van der Waals surface area (Å²) < 4.78 is 0. The number of benzene rings is 1. The smallest absolute Gasteiger partial charge is 0.159 e. The van der Waals surface area contributed by atoms with Crippen molar-refractivity contribution >= 4 is 34.6 Å². The number of hydrogen-bond donors (Lipinski definition) is 3. The van der Waals surface area contributed by atoms with Gasteiger partial charge in [0.25, 0.3) is 0 Å². The number of rotatable bonds is 4. The third kappa shape index (κ3) is 3.09. The zero-order valence-corrected chi connectivity index (χ0v) is 13.3. The minimum Gasteiger partial charge on any atom is -0.393 e. The van der Waals surface area contributed by atoms with Crippen molar-refractivity contribution in [2.24, 2.45) is 0 Å². The maximum Gasteiger partial charge on any atom is 0.159 e. The molecule has 0 unspecified atom stereocenters. The Kier molecular flexibility index (Phi) is 4.34. The van der Waals surface area contributed by atoms with Crippen LogP contribution in [0.2, 0.25) is 5.02 Å². The highest BCUT2D eigenvalue weighted by atomic mass is 35.5. The zero-order chi connectivity index (χ0) is 15.5. The summed E-state index contributed by atoms with van der Waals surface area (Å²) >= 11 is 6.15. The van der Waals surface area contributed by atoms with Crippen molar-refractivity contribution in [3.8, 4) is 0 Å². The summed E-state index contributed by atoms with van der Waals surface area (Å²) in [6.07, 6.45) is 6.38. The van der Waals surface area contributed by atoms with Crippen molar-refractivity contribution in [3.63, 3.8) is 0 Å². The summed E-state index contributed by atoms with van der Waals surface area (Å²) in [5.74, 6) is 1.30. The van der Waals surface area contributed by atoms with Gasteiger partial charge < -0.3 is 16.4 Å². The Morgan fingerprint density at radius 2 is 1.91 bits per heavy atom. The van der Waals surface area contributed by atoms with Crippen LogP contribution in [0.25, 0.3) is 0 Å². The Balaban J connectivity index is 1.83. The first-order chi connectivity index (χ1) is 10.6. The third-order valence-corrected chi connectivity index (χ3v) is 4.51. The Bertz CT molecular complexity index is 668. The van der Waals surface area contributed by atoms with E-state index in [1.807, 2.05) is 25.1 Å². The van der Waals surface area contributed by atoms with Gasteiger partial charge in [-0.1, -0.05) is 30.5 Å². The number of anilines is 4. The molecule has 2 aromatic rings. The minimum atomic E-state index is 0.456. The molecule has 3 rings (SSSR count). The number of hydrogen-bond acceptors (Lipinski definition) is 5. The van der Waals surface area contributed by atoms with Crippen LogP contribution in [-0.4, -0.2) is 16.0 Å². The number of halogens is 1. The van der Waals surface area contributed by atoms with E-state index in [2.05, 4.69) is 20.6 Å². The Morgan fingerprint density at radius 1 is 1.18 bits per heavy atom. The minimum absolute atomic E-state index is 0.456. The standard InChI is InChI=1S/C16H20ClN5/c1-10-12(17)7-4-8-13(10)22-16-14(18)15(19-9-20-16)21-11-5-2-3-6-11/h4,7-9,11H,2-3,5-6,18H2,1H3,(H2,19,20,21,22). The zero-order valence-electron chi connectivity index (χ0n) is 12.6. The molecule has 1 aliphatic rings. The number of nitrogens with one attached hydrogen (secondary N) is 2. The fourth-order valence-electron chi connectivity index (χ4n) is 2.74. The monoisotopic (exact) mass is 317 g/mol. The average molecular weight is 318 g/mol. The summed E-state index contributed by atoms with van der Waals surface area (Å²) in [6, 6.07) is 6.16. The maximum absolute atomic E-state index is 6.21. The molecule has 1 heterocycles. The quantitative estimate of drug-likeness (QED) is 0.791. The van der Waals surface area contributed by atoms with Crippen molar-refractivity contribution in [3.05, 3.63) is 35.1 Å². The van der Waals surface area contributed by atoms with E-state index in [1.165, 1.54) is 32.0 Å². The molecule has 0 atom stereocenters. The molecule has 22 heavy (non-hydrogen) atoms. The predicted octanol–water partition coefficient (Wildman–Crippen LogP) is 4.12. The van der Waals surface area contributed by atoms with Gasteiger partial charge in [-0.2, -0.15) is 0 Å². The molecule has 1 aromatic carbocycles. The SMILES string of the molecule is Cc1c(Cl)cccc1Nc1ncnc(NC2CCCC2)c1N. The first-order valence-electron chi connectivity index (χ1n) is 7.54. The molecule has 0 aliphatic heterocycles. The van der Waals surface area contributed by atoms with Gasteiger partial charge in [0.2, 0.25) is 0 Å². The van der Waals surface area contributed by atoms with E-state index in [4.69, 9.17) is 17.3 Å². The van der Waals surface area contributed by atoms with Crippen LogP contribution in [0.1, 0.15) is 31.2 Å². The van der Waals surface area contributed by atoms with E-state index in [0.717, 1.165) is 11.3 Å². The van der Waals surface area contributed by atoms with E-state index in [1.54, 1.807) is 0 Å². The summed E-state index contributed by atoms with van der Waals surface area (Å²) in [7, 11) is 0. The third-order valence-electron chi connectivity index (χ3n) is 4.10. The first kappa shape index (κ1) is 14.9. The predicted molar refractivity (Wildman–Crippen MR) is 91.8 cm³/mol. The Hall–Kier alpha value is -2.01. The second kappa shape index (κ2) is 6.40. The van der Waals surface area contributed by atoms with Gasteiger partial charge in [0.1, 0.15) is 12.0 Å². The molecule has 116 valence electrons. The molecule has 0 bridgehead atoms. The van der Waals surface area contributed by atoms with Crippen LogP contribution < -0.4 is 16.4 Å². The lowest BCUT2D eigenvalue weighted by Gasteiger charge is -2.17. The van der Waals surface area contributed by atoms with Crippen LogP contribution in [-0.2, 0) is 0 Å². The van der Waals surface area contributed by atoms with Crippen LogP contribution in [0, 0.1) is 6.92 Å². The molecule has 4 N–H and O–H groups in total. The first-order valence-corrected chi connectivity index (χ1v) is 7.92. The van der Waals surface area contributed by atoms with Crippen molar-refractivity contribution in [2.75, 3.05) is 16.4 Å². The van der Waals surface area contributed by atoms with Gasteiger partial charge in [0.15, 0.2) is 11.6 Å². The van der Waals surface area contributed by atoms with Gasteiger partial charge in [-0.05, 0) is 37.5 Å². The van der Waals surface area contributed by atoms with Gasteiger partial charge in [-0.15, -0.1) is 0 Å². The van der Waals surface area contributed by atoms with E-state index in [-0.39, 0.29) is 0 Å². The lowest BCUT2D eigenvalue weighted by molar-refractivity contribution is 0.750. The fourth-order valence-corrected chi connectivity index (χ4v) is 2.92. The molecule has 1 aliphatic carbocycles. The molecular weight excluding hydrogens is 298 g/mol. The second-order valence-corrected chi connectivity index (χ2v) is 6.05. The molecule has 1 saturated carbocycles. The summed E-state index contributed by atoms with van der Waals surface area (Å²) in [5.41, 5.74) is 8.61. The van der Waals surface area contributed by atoms with Crippen molar-refractivity contribution in [1.82, 2.24) is 9.97 Å². The number of nitrogens with zero attached hydrogens (tertiary/aromatic N) is 2. The van der Waals surface area contributed by atoms with Crippen LogP contribution in [0.5, 0.6) is 0 Å². The highest BCUT2D eigenvalue weighted by molar-refractivity contribution is 6.31. The average Bonchev–Trinajstić information content (AvgIpc) is 3.01. The van der Waals surface area contributed by atoms with Gasteiger partial charge in [-0.3, -0.25) is 0 Å². The molecule has 0 radical (unpaired) electrons. The highest BCUT2D eigenvalue weighted by Crippen LogP contribution is 2.31. The molecule has 1 fully saturated rings. The Morgan fingerprint density at radius 3 is 2.68 bits per heavy atom. The topological polar surface area (TPSA) is 75.9 Å². The molecule has 0 amide bonds.